The first-order chi connectivity index (χ1) is 21.6. The first-order valence-corrected chi connectivity index (χ1v) is 17.4. The summed E-state index contributed by atoms with van der Waals surface area (Å²) >= 11 is 6.16. The molecule has 2 bridgehead atoms. The number of nitrogens with one attached hydrogen (secondary N) is 3. The van der Waals surface area contributed by atoms with E-state index in [-0.39, 0.29) is 55.2 Å². The lowest BCUT2D eigenvalue weighted by Crippen LogP contribution is -2.59. The van der Waals surface area contributed by atoms with Crippen LogP contribution in [0.3, 0.4) is 0 Å². The van der Waals surface area contributed by atoms with Gasteiger partial charge in [0, 0.05) is 60.0 Å². The fraction of sp³-hybridized carbons (Fsp3) is 0.548. The van der Waals surface area contributed by atoms with Crippen LogP contribution in [0.4, 0.5) is 14.9 Å². The lowest BCUT2D eigenvalue weighted by atomic mass is 9.67. The Kier molecular flexibility index (Phi) is 10.7. The summed E-state index contributed by atoms with van der Waals surface area (Å²) in [6.45, 7) is 3.42. The first kappa shape index (κ1) is 33.6. The molecule has 45 heavy (non-hydrogen) atoms. The predicted molar refractivity (Wildman–Crippen MR) is 168 cm³/mol. The van der Waals surface area contributed by atoms with Gasteiger partial charge in [-0.05, 0) is 75.3 Å². The number of hydroxylamine groups is 1. The third kappa shape index (κ3) is 7.28. The van der Waals surface area contributed by atoms with Crippen LogP contribution in [0, 0.1) is 5.82 Å². The Hall–Kier alpha value is -2.81. The maximum absolute atomic E-state index is 15.3. The molecule has 246 valence electrons. The molecule has 3 aliphatic rings. The minimum atomic E-state index is -3.41. The maximum atomic E-state index is 15.3. The number of anilines is 1. The molecule has 2 aromatic rings. The number of sulfonamides is 1. The van der Waals surface area contributed by atoms with Crippen LogP contribution in [0.1, 0.15) is 50.2 Å². The van der Waals surface area contributed by atoms with Gasteiger partial charge in [0.05, 0.1) is 12.4 Å². The summed E-state index contributed by atoms with van der Waals surface area (Å²) in [6.07, 6.45) is 2.17. The summed E-state index contributed by atoms with van der Waals surface area (Å²) in [5.41, 5.74) is 2.53. The molecule has 3 fully saturated rings. The molecule has 3 saturated heterocycles. The van der Waals surface area contributed by atoms with Gasteiger partial charge in [-0.2, -0.15) is 9.79 Å². The molecule has 0 aliphatic carbocycles. The fourth-order valence-electron chi connectivity index (χ4n) is 6.95. The number of carbonyl (C=O) groups excluding carboxylic acids is 2. The second-order valence-corrected chi connectivity index (χ2v) is 14.5. The number of benzene rings is 2. The highest BCUT2D eigenvalue weighted by atomic mass is 35.5. The normalized spacial score (nSPS) is 24.7. The molecule has 11 nitrogen and oxygen atoms in total. The molecule has 0 saturated carbocycles. The smallest absolute Gasteiger partial charge is 0.409 e. The Bertz CT molecular complexity index is 1470. The quantitative estimate of drug-likeness (QED) is 0.298. The van der Waals surface area contributed by atoms with Gasteiger partial charge in [0.15, 0.2) is 0 Å². The van der Waals surface area contributed by atoms with Crippen molar-refractivity contribution in [1.29, 1.82) is 0 Å². The van der Waals surface area contributed by atoms with E-state index < -0.39 is 39.3 Å². The number of piperidine rings is 1. The third-order valence-electron chi connectivity index (χ3n) is 9.41. The van der Waals surface area contributed by atoms with E-state index in [1.54, 1.807) is 46.5 Å². The van der Waals surface area contributed by atoms with E-state index in [1.807, 2.05) is 0 Å². The maximum Gasteiger partial charge on any atom is 0.409 e. The summed E-state index contributed by atoms with van der Waals surface area (Å²) in [7, 11) is -3.41. The van der Waals surface area contributed by atoms with E-state index in [4.69, 9.17) is 16.3 Å². The van der Waals surface area contributed by atoms with Gasteiger partial charge >= 0.3 is 6.09 Å². The van der Waals surface area contributed by atoms with Crippen molar-refractivity contribution in [2.45, 2.75) is 69.0 Å². The number of fused-ring (bicyclic) bond motifs is 2. The minimum Gasteiger partial charge on any atom is -0.450 e. The van der Waals surface area contributed by atoms with Gasteiger partial charge in [-0.3, -0.25) is 4.79 Å². The molecule has 3 aliphatic heterocycles. The molecule has 1 unspecified atom stereocenters. The number of piperazine rings is 1. The van der Waals surface area contributed by atoms with Gasteiger partial charge in [0.2, 0.25) is 15.9 Å². The Morgan fingerprint density at radius 3 is 2.62 bits per heavy atom. The van der Waals surface area contributed by atoms with Crippen LogP contribution in [-0.2, 0) is 31.4 Å². The zero-order valence-corrected chi connectivity index (χ0v) is 26.9. The lowest BCUT2D eigenvalue weighted by molar-refractivity contribution is -0.124. The Morgan fingerprint density at radius 2 is 1.93 bits per heavy atom. The van der Waals surface area contributed by atoms with E-state index in [1.165, 1.54) is 12.1 Å². The van der Waals surface area contributed by atoms with E-state index in [9.17, 15) is 23.2 Å². The van der Waals surface area contributed by atoms with Gasteiger partial charge in [-0.1, -0.05) is 29.8 Å². The minimum absolute atomic E-state index is 0.102. The van der Waals surface area contributed by atoms with Crippen LogP contribution in [0.25, 0.3) is 0 Å². The number of halogens is 2. The third-order valence-corrected chi connectivity index (χ3v) is 11.6. The van der Waals surface area contributed by atoms with Gasteiger partial charge in [0.25, 0.3) is 0 Å². The highest BCUT2D eigenvalue weighted by Crippen LogP contribution is 2.40. The summed E-state index contributed by atoms with van der Waals surface area (Å²) in [4.78, 5) is 28.0. The Balaban J connectivity index is 1.37. The zero-order valence-electron chi connectivity index (χ0n) is 25.3. The van der Waals surface area contributed by atoms with Crippen molar-refractivity contribution < 1.29 is 32.3 Å². The SMILES string of the molecule is CCOC(=O)N1CCC(c2ccc(Cl)cc2)([C@H](NO)C(=O)Nc2cccc(F)c2CC[C@H]2CN[C@@H]3CCCS(=O)(=O)N2C3)CC1. The molecule has 3 heterocycles. The number of rotatable bonds is 9. The van der Waals surface area contributed by atoms with E-state index in [0.717, 1.165) is 12.0 Å². The number of nitrogens with zero attached hydrogens (tertiary/aromatic N) is 2. The van der Waals surface area contributed by atoms with Crippen molar-refractivity contribution in [3.63, 3.8) is 0 Å². The molecule has 2 aromatic carbocycles. The van der Waals surface area contributed by atoms with Crippen LogP contribution >= 0.6 is 11.6 Å². The molecule has 4 atom stereocenters. The van der Waals surface area contributed by atoms with Gasteiger partial charge in [-0.15, -0.1) is 0 Å². The summed E-state index contributed by atoms with van der Waals surface area (Å²) in [6, 6.07) is 10.0. The first-order valence-electron chi connectivity index (χ1n) is 15.5. The van der Waals surface area contributed by atoms with Crippen molar-refractivity contribution in [2.75, 3.05) is 43.9 Å². The summed E-state index contributed by atoms with van der Waals surface area (Å²) in [5, 5.41) is 17.2. The molecule has 0 aromatic heterocycles. The van der Waals surface area contributed by atoms with E-state index in [0.29, 0.717) is 43.8 Å². The molecule has 0 spiro atoms. The molecule has 5 rings (SSSR count). The second kappa shape index (κ2) is 14.3. The van der Waals surface area contributed by atoms with E-state index >= 15 is 4.39 Å². The summed E-state index contributed by atoms with van der Waals surface area (Å²) in [5.74, 6) is -0.997. The number of likely N-dealkylation sites (tertiary alicyclic amines) is 1. The van der Waals surface area contributed by atoms with Crippen LogP contribution in [0.5, 0.6) is 0 Å². The standard InChI is InChI=1S/C31H41ClFN5O6S/c1-2-44-30(40)37-16-14-31(15-17-37,21-8-10-22(32)11-9-21)28(36-41)29(39)35-27-7-3-6-26(33)25(27)13-12-24-19-34-23-5-4-18-45(42,43)38(24)20-23/h3,6-11,23-24,28,34,36,41H,2,4-5,12-20H2,1H3,(H,35,39)/t23-,24+,28-/m1/s1. The highest BCUT2D eigenvalue weighted by Gasteiger charge is 2.47. The van der Waals surface area contributed by atoms with Gasteiger partial charge in [0.1, 0.15) is 11.9 Å². The van der Waals surface area contributed by atoms with Crippen LogP contribution in [0.15, 0.2) is 42.5 Å². The van der Waals surface area contributed by atoms with Crippen LogP contribution in [-0.4, -0.2) is 91.5 Å². The molecular formula is C31H41ClFN5O6S. The van der Waals surface area contributed by atoms with Crippen molar-refractivity contribution in [2.24, 2.45) is 0 Å². The number of hydrogen-bond donors (Lipinski definition) is 4. The molecule has 2 amide bonds. The Labute approximate surface area is 268 Å². The average molecular weight is 666 g/mol. The van der Waals surface area contributed by atoms with Crippen molar-refractivity contribution in [3.05, 3.63) is 64.4 Å². The largest absolute Gasteiger partial charge is 0.450 e. The van der Waals surface area contributed by atoms with Crippen LogP contribution in [0.2, 0.25) is 5.02 Å². The zero-order chi connectivity index (χ0) is 32.2. The molecule has 0 radical (unpaired) electrons. The highest BCUT2D eigenvalue weighted by molar-refractivity contribution is 7.89. The van der Waals surface area contributed by atoms with Crippen molar-refractivity contribution in [1.82, 2.24) is 20.0 Å². The van der Waals surface area contributed by atoms with E-state index in [2.05, 4.69) is 16.1 Å². The van der Waals surface area contributed by atoms with Crippen molar-refractivity contribution >= 4 is 39.3 Å². The topological polar surface area (TPSA) is 140 Å². The average Bonchev–Trinajstić information content (AvgIpc) is 3.13. The molecule has 4 N–H and O–H groups in total. The summed E-state index contributed by atoms with van der Waals surface area (Å²) < 4.78 is 47.9. The monoisotopic (exact) mass is 665 g/mol. The lowest BCUT2D eigenvalue weighted by Gasteiger charge is -2.45. The predicted octanol–water partition coefficient (Wildman–Crippen LogP) is 3.65. The number of ether oxygens (including phenoxy) is 1. The van der Waals surface area contributed by atoms with Crippen molar-refractivity contribution in [3.8, 4) is 0 Å². The van der Waals surface area contributed by atoms with Gasteiger partial charge < -0.3 is 25.5 Å². The number of amides is 2. The fourth-order valence-corrected chi connectivity index (χ4v) is 8.89. The second-order valence-electron chi connectivity index (χ2n) is 12.0. The number of hydrogen-bond acceptors (Lipinski definition) is 8. The van der Waals surface area contributed by atoms with Crippen LogP contribution < -0.4 is 16.1 Å². The molecule has 14 heteroatoms. The Morgan fingerprint density at radius 1 is 1.20 bits per heavy atom. The van der Waals surface area contributed by atoms with Gasteiger partial charge in [-0.25, -0.2) is 17.6 Å². The number of carbonyl (C=O) groups is 2. The molecular weight excluding hydrogens is 625 g/mol.